The number of aliphatic hydroxyl groups is 3. The van der Waals surface area contributed by atoms with Crippen molar-refractivity contribution in [2.45, 2.75) is 63.9 Å². The van der Waals surface area contributed by atoms with Crippen LogP contribution in [0.15, 0.2) is 0 Å². The van der Waals surface area contributed by atoms with Gasteiger partial charge in [-0.15, -0.1) is 0 Å². The molecule has 7 heteroatoms. The highest BCUT2D eigenvalue weighted by atomic mass is 32.1. The molecule has 3 N–H and O–H groups in total. The molecule has 1 atom stereocenters. The monoisotopic (exact) mass is 350 g/mol. The maximum absolute atomic E-state index is 11.6. The van der Waals surface area contributed by atoms with Crippen LogP contribution in [0.5, 0.6) is 0 Å². The zero-order chi connectivity index (χ0) is 17.3. The van der Waals surface area contributed by atoms with Gasteiger partial charge in [0.05, 0.1) is 19.6 Å². The highest BCUT2D eigenvalue weighted by Gasteiger charge is 2.19. The Morgan fingerprint density at radius 2 is 1.30 bits per heavy atom. The molecule has 0 fully saturated rings. The Morgan fingerprint density at radius 1 is 0.826 bits per heavy atom. The van der Waals surface area contributed by atoms with Crippen LogP contribution in [-0.2, 0) is 14.3 Å². The average molecular weight is 350 g/mol. The Kier molecular flexibility index (Phi) is 15.6. The number of aliphatic hydroxyl groups excluding tert-OH is 3. The maximum Gasteiger partial charge on any atom is 0.335 e. The molecule has 136 valence electrons. The first-order valence-electron chi connectivity index (χ1n) is 8.33. The summed E-state index contributed by atoms with van der Waals surface area (Å²) < 4.78 is 10.3. The van der Waals surface area contributed by atoms with Crippen molar-refractivity contribution in [1.29, 1.82) is 0 Å². The first-order valence-corrected chi connectivity index (χ1v) is 8.74. The van der Waals surface area contributed by atoms with Gasteiger partial charge >= 0.3 is 5.97 Å². The van der Waals surface area contributed by atoms with E-state index in [2.05, 4.69) is 0 Å². The summed E-state index contributed by atoms with van der Waals surface area (Å²) in [6.07, 6.45) is 5.43. The molecule has 0 heterocycles. The Bertz CT molecular complexity index is 311. The summed E-state index contributed by atoms with van der Waals surface area (Å²) in [6.45, 7) is 1.10. The molecule has 6 nitrogen and oxygen atoms in total. The third-order valence-corrected chi connectivity index (χ3v) is 3.53. The van der Waals surface area contributed by atoms with Gasteiger partial charge in [-0.1, -0.05) is 12.8 Å². The molecule has 23 heavy (non-hydrogen) atoms. The van der Waals surface area contributed by atoms with Crippen LogP contribution in [-0.4, -0.2) is 58.9 Å². The summed E-state index contributed by atoms with van der Waals surface area (Å²) in [5.74, 6) is -0.680. The molecule has 0 aliphatic heterocycles. The number of unbranched alkanes of at least 4 members (excludes halogenated alkanes) is 6. The predicted molar refractivity (Wildman–Crippen MR) is 91.2 cm³/mol. The van der Waals surface area contributed by atoms with Crippen molar-refractivity contribution in [3.8, 4) is 0 Å². The zero-order valence-corrected chi connectivity index (χ0v) is 14.6. The number of carbonyl (C=O) groups is 1. The lowest BCUT2D eigenvalue weighted by atomic mass is 10.2. The van der Waals surface area contributed by atoms with E-state index in [0.29, 0.717) is 13.0 Å². The Hall–Kier alpha value is -0.760. The number of rotatable bonds is 15. The van der Waals surface area contributed by atoms with Crippen LogP contribution in [0, 0.1) is 0 Å². The van der Waals surface area contributed by atoms with Crippen LogP contribution >= 0.6 is 12.2 Å². The molecule has 1 unspecified atom stereocenters. The molecule has 0 amide bonds. The van der Waals surface area contributed by atoms with Crippen molar-refractivity contribution >= 4 is 23.2 Å². The van der Waals surface area contributed by atoms with Gasteiger partial charge in [0.25, 0.3) is 0 Å². The molecule has 0 spiro atoms. The van der Waals surface area contributed by atoms with Crippen molar-refractivity contribution in [2.75, 3.05) is 26.4 Å². The smallest absolute Gasteiger partial charge is 0.335 e. The summed E-state index contributed by atoms with van der Waals surface area (Å²) in [7, 11) is 0. The van der Waals surface area contributed by atoms with Crippen molar-refractivity contribution in [1.82, 2.24) is 0 Å². The molecule has 0 radical (unpaired) electrons. The molecule has 0 aromatic carbocycles. The van der Waals surface area contributed by atoms with E-state index < -0.39 is 12.1 Å². The van der Waals surface area contributed by atoms with Crippen LogP contribution in [0.4, 0.5) is 0 Å². The fourth-order valence-electron chi connectivity index (χ4n) is 1.89. The lowest BCUT2D eigenvalue weighted by molar-refractivity contribution is -0.153. The average Bonchev–Trinajstić information content (AvgIpc) is 2.53. The predicted octanol–water partition coefficient (Wildman–Crippen LogP) is 1.73. The van der Waals surface area contributed by atoms with E-state index in [9.17, 15) is 9.90 Å². The van der Waals surface area contributed by atoms with Gasteiger partial charge in [-0.05, 0) is 50.7 Å². The van der Waals surface area contributed by atoms with E-state index in [1.165, 1.54) is 0 Å². The normalized spacial score (nSPS) is 12.0. The van der Waals surface area contributed by atoms with Crippen LogP contribution in [0.2, 0.25) is 0 Å². The zero-order valence-electron chi connectivity index (χ0n) is 13.7. The number of thiocarbonyl (C=S) groups is 1. The van der Waals surface area contributed by atoms with Crippen molar-refractivity contribution in [3.05, 3.63) is 0 Å². The van der Waals surface area contributed by atoms with Gasteiger partial charge in [-0.25, -0.2) is 4.79 Å². The molecular weight excluding hydrogens is 320 g/mol. The molecule has 0 aliphatic carbocycles. The largest absolute Gasteiger partial charge is 0.487 e. The van der Waals surface area contributed by atoms with Crippen LogP contribution in [0.1, 0.15) is 57.8 Å². The van der Waals surface area contributed by atoms with Gasteiger partial charge in [0.15, 0.2) is 11.2 Å². The van der Waals surface area contributed by atoms with Gasteiger partial charge in [0, 0.05) is 13.2 Å². The molecule has 0 saturated carbocycles. The van der Waals surface area contributed by atoms with Gasteiger partial charge in [-0.3, -0.25) is 0 Å². The Morgan fingerprint density at radius 3 is 1.83 bits per heavy atom. The summed E-state index contributed by atoms with van der Waals surface area (Å²) in [6, 6.07) is 0. The molecular formula is C16H30O6S. The fourth-order valence-corrected chi connectivity index (χ4v) is 2.13. The molecule has 0 aromatic heterocycles. The standard InChI is InChI=1S/C16H30O6S/c17-9-5-1-3-7-11-21-15(23)13-14(19)16(20)22-12-8-4-2-6-10-18/h14,17-19H,1-13H2. The Labute approximate surface area is 143 Å². The third-order valence-electron chi connectivity index (χ3n) is 3.24. The highest BCUT2D eigenvalue weighted by Crippen LogP contribution is 2.05. The lowest BCUT2D eigenvalue weighted by Crippen LogP contribution is -2.26. The molecule has 0 rings (SSSR count). The molecule has 0 aromatic rings. The van der Waals surface area contributed by atoms with E-state index in [0.717, 1.165) is 44.9 Å². The number of esters is 1. The summed E-state index contributed by atoms with van der Waals surface area (Å²) in [4.78, 5) is 11.6. The van der Waals surface area contributed by atoms with Crippen LogP contribution in [0.25, 0.3) is 0 Å². The van der Waals surface area contributed by atoms with E-state index in [4.69, 9.17) is 31.9 Å². The summed E-state index contributed by atoms with van der Waals surface area (Å²) in [5, 5.41) is 27.2. The first-order chi connectivity index (χ1) is 11.1. The number of hydrogen-bond acceptors (Lipinski definition) is 7. The van der Waals surface area contributed by atoms with Crippen LogP contribution in [0.3, 0.4) is 0 Å². The van der Waals surface area contributed by atoms with E-state index >= 15 is 0 Å². The second kappa shape index (κ2) is 16.1. The summed E-state index contributed by atoms with van der Waals surface area (Å²) >= 11 is 4.98. The van der Waals surface area contributed by atoms with Gasteiger partial charge < -0.3 is 24.8 Å². The molecule has 0 saturated heterocycles. The third kappa shape index (κ3) is 14.6. The van der Waals surface area contributed by atoms with E-state index in [1.807, 2.05) is 0 Å². The maximum atomic E-state index is 11.6. The summed E-state index contributed by atoms with van der Waals surface area (Å²) in [5.41, 5.74) is 0. The van der Waals surface area contributed by atoms with Gasteiger partial charge in [0.2, 0.25) is 0 Å². The van der Waals surface area contributed by atoms with Gasteiger partial charge in [0.1, 0.15) is 0 Å². The van der Waals surface area contributed by atoms with Crippen molar-refractivity contribution < 1.29 is 29.6 Å². The highest BCUT2D eigenvalue weighted by molar-refractivity contribution is 7.80. The van der Waals surface area contributed by atoms with E-state index in [1.54, 1.807) is 0 Å². The number of carbonyl (C=O) groups excluding carboxylic acids is 1. The topological polar surface area (TPSA) is 96.2 Å². The molecule has 0 bridgehead atoms. The number of hydrogen-bond donors (Lipinski definition) is 3. The second-order valence-electron chi connectivity index (χ2n) is 5.38. The van der Waals surface area contributed by atoms with Gasteiger partial charge in [-0.2, -0.15) is 0 Å². The quantitative estimate of drug-likeness (QED) is 0.235. The number of ether oxygens (including phenoxy) is 2. The van der Waals surface area contributed by atoms with Crippen molar-refractivity contribution in [2.24, 2.45) is 0 Å². The fraction of sp³-hybridized carbons (Fsp3) is 0.875. The van der Waals surface area contributed by atoms with Crippen LogP contribution < -0.4 is 0 Å². The minimum atomic E-state index is -1.28. The molecule has 0 aliphatic rings. The SMILES string of the molecule is O=C(OCCCCCCO)C(O)CC(=S)OCCCCCCO. The van der Waals surface area contributed by atoms with Crippen molar-refractivity contribution in [3.63, 3.8) is 0 Å². The lowest BCUT2D eigenvalue weighted by Gasteiger charge is -2.12. The second-order valence-corrected chi connectivity index (χ2v) is 5.84. The minimum absolute atomic E-state index is 0.0324. The Balaban J connectivity index is 3.59. The minimum Gasteiger partial charge on any atom is -0.487 e. The van der Waals surface area contributed by atoms with E-state index in [-0.39, 0.29) is 31.3 Å². The first kappa shape index (κ1) is 22.2.